The summed E-state index contributed by atoms with van der Waals surface area (Å²) in [5, 5.41) is 17.8. The molecule has 2 rings (SSSR count). The normalized spacial score (nSPS) is 16.7. The van der Waals surface area contributed by atoms with Gasteiger partial charge in [0.05, 0.1) is 15.1 Å². The second-order valence-corrected chi connectivity index (χ2v) is 7.35. The van der Waals surface area contributed by atoms with Crippen LogP contribution in [0.3, 0.4) is 0 Å². The number of halogens is 3. The predicted molar refractivity (Wildman–Crippen MR) is 85.3 cm³/mol. The van der Waals surface area contributed by atoms with E-state index in [0.717, 1.165) is 6.07 Å². The summed E-state index contributed by atoms with van der Waals surface area (Å²) in [5.41, 5.74) is 0.497. The number of nitrogens with zero attached hydrogens (tertiary/aromatic N) is 1. The van der Waals surface area contributed by atoms with E-state index in [-0.39, 0.29) is 21.5 Å². The highest BCUT2D eigenvalue weighted by Crippen LogP contribution is 2.26. The zero-order chi connectivity index (χ0) is 17.4. The fourth-order valence-corrected chi connectivity index (χ4v) is 3.11. The van der Waals surface area contributed by atoms with Gasteiger partial charge in [0.1, 0.15) is 0 Å². The number of hydrogen-bond donors (Lipinski definition) is 3. The molecule has 1 atom stereocenters. The van der Waals surface area contributed by atoms with Crippen LogP contribution in [0.5, 0.6) is 0 Å². The molecule has 0 saturated heterocycles. The fourth-order valence-electron chi connectivity index (χ4n) is 2.06. The quantitative estimate of drug-likeness (QED) is 0.520. The monoisotopic (exact) mass is 409 g/mol. The van der Waals surface area contributed by atoms with E-state index in [0.29, 0.717) is 5.70 Å². The Morgan fingerprint density at radius 3 is 2.61 bits per heavy atom. The highest BCUT2D eigenvalue weighted by molar-refractivity contribution is 9.10. The van der Waals surface area contributed by atoms with Crippen LogP contribution in [-0.2, 0) is 10.0 Å². The van der Waals surface area contributed by atoms with E-state index in [4.69, 9.17) is 5.14 Å². The van der Waals surface area contributed by atoms with Gasteiger partial charge < -0.3 is 15.3 Å². The topological polar surface area (TPSA) is 95.7 Å². The van der Waals surface area contributed by atoms with Gasteiger partial charge in [0.2, 0.25) is 10.0 Å². The lowest BCUT2D eigenvalue weighted by Crippen LogP contribution is -2.32. The number of hydrogen-bond acceptors (Lipinski definition) is 5. The Labute approximate surface area is 140 Å². The molecule has 1 aliphatic heterocycles. The van der Waals surface area contributed by atoms with Crippen LogP contribution in [0.25, 0.3) is 0 Å². The maximum atomic E-state index is 13.4. The molecule has 1 heterocycles. The Balaban J connectivity index is 2.17. The molecule has 0 spiro atoms. The van der Waals surface area contributed by atoms with Crippen molar-refractivity contribution in [3.63, 3.8) is 0 Å². The summed E-state index contributed by atoms with van der Waals surface area (Å²) < 4.78 is 49.1. The summed E-state index contributed by atoms with van der Waals surface area (Å²) in [6, 6.07) is 2.18. The van der Waals surface area contributed by atoms with Crippen molar-refractivity contribution in [2.75, 3.05) is 12.4 Å². The lowest BCUT2D eigenvalue weighted by molar-refractivity contribution is 0.209. The van der Waals surface area contributed by atoms with E-state index in [1.807, 2.05) is 0 Å². The molecule has 0 fully saturated rings. The van der Waals surface area contributed by atoms with Gasteiger partial charge in [-0.3, -0.25) is 0 Å². The smallest absolute Gasteiger partial charge is 0.235 e. The van der Waals surface area contributed by atoms with Crippen molar-refractivity contribution in [2.24, 2.45) is 5.14 Å². The van der Waals surface area contributed by atoms with Gasteiger partial charge >= 0.3 is 0 Å². The van der Waals surface area contributed by atoms with Crippen LogP contribution in [0.1, 0.15) is 6.42 Å². The fraction of sp³-hybridized carbons (Fsp3) is 0.231. The third-order valence-electron chi connectivity index (χ3n) is 3.19. The molecule has 23 heavy (non-hydrogen) atoms. The molecule has 0 amide bonds. The number of benzene rings is 1. The van der Waals surface area contributed by atoms with Crippen molar-refractivity contribution in [2.45, 2.75) is 12.6 Å². The first-order valence-electron chi connectivity index (χ1n) is 6.35. The lowest BCUT2D eigenvalue weighted by Gasteiger charge is -2.28. The molecule has 0 radical (unpaired) electrons. The average Bonchev–Trinajstić information content (AvgIpc) is 2.43. The van der Waals surface area contributed by atoms with Crippen LogP contribution in [0, 0.1) is 11.6 Å². The minimum Gasteiger partial charge on any atom is -0.368 e. The van der Waals surface area contributed by atoms with E-state index in [9.17, 15) is 22.3 Å². The van der Waals surface area contributed by atoms with Crippen LogP contribution < -0.4 is 10.5 Å². The van der Waals surface area contributed by atoms with Crippen molar-refractivity contribution in [1.29, 1.82) is 0 Å². The number of rotatable bonds is 4. The highest BCUT2D eigenvalue weighted by atomic mass is 79.9. The molecule has 0 aromatic heterocycles. The molecule has 1 unspecified atom stereocenters. The van der Waals surface area contributed by atoms with E-state index in [2.05, 4.69) is 21.2 Å². The van der Waals surface area contributed by atoms with Crippen LogP contribution in [0.15, 0.2) is 39.5 Å². The van der Waals surface area contributed by atoms with Crippen molar-refractivity contribution >= 4 is 31.6 Å². The average molecular weight is 410 g/mol. The Bertz CT molecular complexity index is 773. The first-order valence-corrected chi connectivity index (χ1v) is 8.69. The molecule has 126 valence electrons. The number of aliphatic hydroxyl groups excluding tert-OH is 1. The Morgan fingerprint density at radius 2 is 2.09 bits per heavy atom. The number of allylic oxidation sites excluding steroid dienone is 2. The van der Waals surface area contributed by atoms with E-state index in [1.54, 1.807) is 0 Å². The number of nitrogens with two attached hydrogens (primary N) is 1. The molecule has 0 aliphatic carbocycles. The van der Waals surface area contributed by atoms with Gasteiger partial charge in [0.25, 0.3) is 0 Å². The predicted octanol–water partition coefficient (Wildman–Crippen LogP) is 1.81. The maximum Gasteiger partial charge on any atom is 0.235 e. The zero-order valence-electron chi connectivity index (χ0n) is 11.9. The van der Waals surface area contributed by atoms with Gasteiger partial charge in [-0.25, -0.2) is 22.3 Å². The Morgan fingerprint density at radius 1 is 1.43 bits per heavy atom. The number of anilines is 1. The van der Waals surface area contributed by atoms with Gasteiger partial charge in [-0.15, -0.1) is 0 Å². The third-order valence-corrected chi connectivity index (χ3v) is 4.77. The van der Waals surface area contributed by atoms with Crippen molar-refractivity contribution < 1.29 is 22.3 Å². The lowest BCUT2D eigenvalue weighted by atomic mass is 10.2. The summed E-state index contributed by atoms with van der Waals surface area (Å²) in [7, 11) is -2.28. The third kappa shape index (κ3) is 4.08. The maximum absolute atomic E-state index is 13.4. The number of likely N-dealkylation sites (N-methyl/N-ethyl adjacent to an activating group) is 1. The summed E-state index contributed by atoms with van der Waals surface area (Å²) in [5.74, 6) is -2.10. The minimum absolute atomic E-state index is 0.00604. The second kappa shape index (κ2) is 6.56. The number of primary sulfonamides is 1. The molecule has 4 N–H and O–H groups in total. The van der Waals surface area contributed by atoms with Crippen molar-refractivity contribution in [1.82, 2.24) is 4.90 Å². The van der Waals surface area contributed by atoms with Gasteiger partial charge in [0.15, 0.2) is 17.9 Å². The molecule has 10 heteroatoms. The summed E-state index contributed by atoms with van der Waals surface area (Å²) in [4.78, 5) is 1.39. The van der Waals surface area contributed by atoms with Crippen LogP contribution >= 0.6 is 15.9 Å². The minimum atomic E-state index is -3.81. The van der Waals surface area contributed by atoms with Crippen molar-refractivity contribution in [3.05, 3.63) is 51.1 Å². The largest absolute Gasteiger partial charge is 0.368 e. The van der Waals surface area contributed by atoms with Crippen molar-refractivity contribution in [3.8, 4) is 0 Å². The molecule has 6 nitrogen and oxygen atoms in total. The molecule has 1 aromatic rings. The van der Waals surface area contributed by atoms with Gasteiger partial charge in [0, 0.05) is 31.4 Å². The standard InChI is InChI=1S/C13H14BrF2N3O3S/c1-19-6-8(23(17,21)22)2-3-11(19)13(20)18-7-4-9(14)12(16)10(15)5-7/h3-6,13,18,20H,2H2,1H3,(H2,17,21,22). The van der Waals surface area contributed by atoms with E-state index in [1.165, 1.54) is 30.3 Å². The van der Waals surface area contributed by atoms with Crippen LogP contribution in [0.4, 0.5) is 14.5 Å². The molecule has 0 saturated carbocycles. The molecule has 1 aromatic carbocycles. The zero-order valence-corrected chi connectivity index (χ0v) is 14.3. The summed E-state index contributed by atoms with van der Waals surface area (Å²) in [6.45, 7) is 0. The second-order valence-electron chi connectivity index (χ2n) is 4.89. The SMILES string of the molecule is CN1C=C(S(N)(=O)=O)CC=C1C(O)Nc1cc(F)c(F)c(Br)c1. The van der Waals surface area contributed by atoms with E-state index >= 15 is 0 Å². The molecule has 1 aliphatic rings. The highest BCUT2D eigenvalue weighted by Gasteiger charge is 2.22. The Kier molecular flexibility index (Phi) is 5.09. The Hall–Kier alpha value is -1.49. The number of nitrogens with one attached hydrogen (secondary N) is 1. The van der Waals surface area contributed by atoms with E-state index < -0.39 is 27.9 Å². The molecular weight excluding hydrogens is 396 g/mol. The summed E-state index contributed by atoms with van der Waals surface area (Å²) >= 11 is 2.87. The van der Waals surface area contributed by atoms with Gasteiger partial charge in [-0.05, 0) is 22.0 Å². The van der Waals surface area contributed by atoms with Crippen LogP contribution in [-0.4, -0.2) is 31.7 Å². The number of sulfonamides is 1. The van der Waals surface area contributed by atoms with Gasteiger partial charge in [-0.1, -0.05) is 6.08 Å². The number of aliphatic hydroxyl groups is 1. The molecule has 0 bridgehead atoms. The summed E-state index contributed by atoms with van der Waals surface area (Å²) in [6.07, 6.45) is 1.54. The van der Waals surface area contributed by atoms with Crippen LogP contribution in [0.2, 0.25) is 0 Å². The first-order chi connectivity index (χ1) is 10.6. The van der Waals surface area contributed by atoms with Gasteiger partial charge in [-0.2, -0.15) is 0 Å². The first kappa shape index (κ1) is 17.9. The molecular formula is C13H14BrF2N3O3S.